The second-order valence-electron chi connectivity index (χ2n) is 5.99. The van der Waals surface area contributed by atoms with Gasteiger partial charge in [-0.15, -0.1) is 0 Å². The standard InChI is InChI=1S/C22H19BrN2O2/c1-16-5-2-3-6-19(16)15-27-21-11-9-17(10-12-21)14-24-25-22(26)18-7-4-8-20(23)13-18/h2-14H,15H2,1H3,(H,25,26)/b24-14-. The highest BCUT2D eigenvalue weighted by Crippen LogP contribution is 2.15. The number of carbonyl (C=O) groups is 1. The molecule has 0 spiro atoms. The fourth-order valence-electron chi connectivity index (χ4n) is 2.44. The lowest BCUT2D eigenvalue weighted by atomic mass is 10.1. The molecule has 3 aromatic rings. The number of carbonyl (C=O) groups excluding carboxylic acids is 1. The molecule has 1 amide bonds. The zero-order valence-corrected chi connectivity index (χ0v) is 16.4. The molecule has 136 valence electrons. The summed E-state index contributed by atoms with van der Waals surface area (Å²) in [6, 6.07) is 22.8. The van der Waals surface area contributed by atoms with Crippen LogP contribution in [0.2, 0.25) is 0 Å². The van der Waals surface area contributed by atoms with Gasteiger partial charge in [-0.2, -0.15) is 5.10 Å². The van der Waals surface area contributed by atoms with E-state index in [2.05, 4.69) is 45.5 Å². The first-order valence-electron chi connectivity index (χ1n) is 8.48. The Morgan fingerprint density at radius 1 is 1.07 bits per heavy atom. The van der Waals surface area contributed by atoms with Crippen LogP contribution in [0.25, 0.3) is 0 Å². The number of aryl methyl sites for hydroxylation is 1. The number of hydrogen-bond donors (Lipinski definition) is 1. The fraction of sp³-hybridized carbons (Fsp3) is 0.0909. The van der Waals surface area contributed by atoms with E-state index < -0.39 is 0 Å². The van der Waals surface area contributed by atoms with Crippen molar-refractivity contribution in [3.8, 4) is 5.75 Å². The zero-order valence-electron chi connectivity index (χ0n) is 14.9. The van der Waals surface area contributed by atoms with Gasteiger partial charge in [-0.05, 0) is 66.1 Å². The van der Waals surface area contributed by atoms with E-state index in [0.29, 0.717) is 12.2 Å². The van der Waals surface area contributed by atoms with E-state index in [1.54, 1.807) is 24.4 Å². The number of halogens is 1. The Hall–Kier alpha value is -2.92. The van der Waals surface area contributed by atoms with Crippen molar-refractivity contribution in [2.45, 2.75) is 13.5 Å². The molecule has 0 fully saturated rings. The highest BCUT2D eigenvalue weighted by Gasteiger charge is 2.04. The van der Waals surface area contributed by atoms with E-state index in [0.717, 1.165) is 15.8 Å². The quantitative estimate of drug-likeness (QED) is 0.443. The molecule has 1 N–H and O–H groups in total. The van der Waals surface area contributed by atoms with Gasteiger partial charge in [0.05, 0.1) is 6.21 Å². The minimum atomic E-state index is -0.259. The number of hydrogen-bond acceptors (Lipinski definition) is 3. The largest absolute Gasteiger partial charge is 0.489 e. The summed E-state index contributed by atoms with van der Waals surface area (Å²) in [7, 11) is 0. The molecule has 3 aromatic carbocycles. The molecular weight excluding hydrogens is 404 g/mol. The van der Waals surface area contributed by atoms with Crippen molar-refractivity contribution < 1.29 is 9.53 Å². The third kappa shape index (κ3) is 5.53. The Bertz CT molecular complexity index is 953. The van der Waals surface area contributed by atoms with Gasteiger partial charge in [0.2, 0.25) is 0 Å². The molecule has 27 heavy (non-hydrogen) atoms. The van der Waals surface area contributed by atoms with Crippen LogP contribution in [0.5, 0.6) is 5.75 Å². The summed E-state index contributed by atoms with van der Waals surface area (Å²) in [5, 5.41) is 4.00. The number of ether oxygens (including phenoxy) is 1. The Kier molecular flexibility index (Phi) is 6.39. The summed E-state index contributed by atoms with van der Waals surface area (Å²) in [5.74, 6) is 0.527. The minimum absolute atomic E-state index is 0.259. The average molecular weight is 423 g/mol. The maximum absolute atomic E-state index is 12.0. The van der Waals surface area contributed by atoms with Crippen LogP contribution >= 0.6 is 15.9 Å². The molecule has 0 heterocycles. The molecule has 0 radical (unpaired) electrons. The number of rotatable bonds is 6. The van der Waals surface area contributed by atoms with E-state index in [4.69, 9.17) is 4.74 Å². The van der Waals surface area contributed by atoms with Gasteiger partial charge in [0, 0.05) is 10.0 Å². The lowest BCUT2D eigenvalue weighted by Crippen LogP contribution is -2.17. The predicted molar refractivity (Wildman–Crippen MR) is 111 cm³/mol. The summed E-state index contributed by atoms with van der Waals surface area (Å²) in [6.45, 7) is 2.60. The van der Waals surface area contributed by atoms with Gasteiger partial charge in [-0.1, -0.05) is 46.3 Å². The lowest BCUT2D eigenvalue weighted by Gasteiger charge is -2.08. The van der Waals surface area contributed by atoms with Crippen molar-refractivity contribution in [2.75, 3.05) is 0 Å². The molecule has 0 bridgehead atoms. The first-order valence-corrected chi connectivity index (χ1v) is 9.27. The Morgan fingerprint density at radius 2 is 1.85 bits per heavy atom. The highest BCUT2D eigenvalue weighted by atomic mass is 79.9. The normalized spacial score (nSPS) is 10.7. The Balaban J connectivity index is 1.53. The van der Waals surface area contributed by atoms with Crippen LogP contribution in [0.3, 0.4) is 0 Å². The summed E-state index contributed by atoms with van der Waals surface area (Å²) in [6.07, 6.45) is 1.60. The number of amides is 1. The second-order valence-corrected chi connectivity index (χ2v) is 6.91. The van der Waals surface area contributed by atoms with Crippen molar-refractivity contribution in [2.24, 2.45) is 5.10 Å². The zero-order chi connectivity index (χ0) is 19.1. The maximum Gasteiger partial charge on any atom is 0.271 e. The molecule has 0 aliphatic rings. The molecule has 0 atom stereocenters. The number of nitrogens with zero attached hydrogens (tertiary/aromatic N) is 1. The monoisotopic (exact) mass is 422 g/mol. The molecule has 0 saturated carbocycles. The maximum atomic E-state index is 12.0. The molecule has 4 nitrogen and oxygen atoms in total. The van der Waals surface area contributed by atoms with Gasteiger partial charge in [0.15, 0.2) is 0 Å². The van der Waals surface area contributed by atoms with Crippen molar-refractivity contribution in [1.82, 2.24) is 5.43 Å². The van der Waals surface area contributed by atoms with Crippen LogP contribution < -0.4 is 10.2 Å². The SMILES string of the molecule is Cc1ccccc1COc1ccc(/C=N\NC(=O)c2cccc(Br)c2)cc1. The van der Waals surface area contributed by atoms with Crippen molar-refractivity contribution in [3.05, 3.63) is 99.5 Å². The summed E-state index contributed by atoms with van der Waals surface area (Å²) >= 11 is 3.34. The fourth-order valence-corrected chi connectivity index (χ4v) is 2.84. The minimum Gasteiger partial charge on any atom is -0.489 e. The van der Waals surface area contributed by atoms with Crippen molar-refractivity contribution in [1.29, 1.82) is 0 Å². The van der Waals surface area contributed by atoms with Gasteiger partial charge in [-0.25, -0.2) is 5.43 Å². The van der Waals surface area contributed by atoms with E-state index in [1.807, 2.05) is 42.5 Å². The lowest BCUT2D eigenvalue weighted by molar-refractivity contribution is 0.0955. The average Bonchev–Trinajstić information content (AvgIpc) is 2.68. The van der Waals surface area contributed by atoms with E-state index in [-0.39, 0.29) is 5.91 Å². The van der Waals surface area contributed by atoms with Crippen LogP contribution in [-0.4, -0.2) is 12.1 Å². The Labute approximate surface area is 167 Å². The van der Waals surface area contributed by atoms with Gasteiger partial charge >= 0.3 is 0 Å². The summed E-state index contributed by atoms with van der Waals surface area (Å²) in [5.41, 5.74) is 6.31. The van der Waals surface area contributed by atoms with Crippen LogP contribution in [0.15, 0.2) is 82.4 Å². The summed E-state index contributed by atoms with van der Waals surface area (Å²) < 4.78 is 6.67. The topological polar surface area (TPSA) is 50.7 Å². The first kappa shape index (κ1) is 18.9. The van der Waals surface area contributed by atoms with Crippen LogP contribution in [-0.2, 0) is 6.61 Å². The van der Waals surface area contributed by atoms with Gasteiger partial charge in [-0.3, -0.25) is 4.79 Å². The number of benzene rings is 3. The van der Waals surface area contributed by atoms with Crippen LogP contribution in [0, 0.1) is 6.92 Å². The second kappa shape index (κ2) is 9.14. The molecule has 0 saturated heterocycles. The van der Waals surface area contributed by atoms with Crippen LogP contribution in [0.1, 0.15) is 27.0 Å². The third-order valence-corrected chi connectivity index (χ3v) is 4.50. The molecule has 0 aromatic heterocycles. The molecule has 0 unspecified atom stereocenters. The van der Waals surface area contributed by atoms with Gasteiger partial charge < -0.3 is 4.74 Å². The summed E-state index contributed by atoms with van der Waals surface area (Å²) in [4.78, 5) is 12.0. The molecule has 0 aliphatic carbocycles. The highest BCUT2D eigenvalue weighted by molar-refractivity contribution is 9.10. The van der Waals surface area contributed by atoms with Crippen molar-refractivity contribution >= 4 is 28.1 Å². The first-order chi connectivity index (χ1) is 13.1. The number of hydrazone groups is 1. The molecule has 0 aliphatic heterocycles. The van der Waals surface area contributed by atoms with E-state index in [1.165, 1.54) is 11.1 Å². The molecule has 5 heteroatoms. The Morgan fingerprint density at radius 3 is 2.59 bits per heavy atom. The smallest absolute Gasteiger partial charge is 0.271 e. The van der Waals surface area contributed by atoms with E-state index >= 15 is 0 Å². The molecule has 3 rings (SSSR count). The van der Waals surface area contributed by atoms with Gasteiger partial charge in [0.1, 0.15) is 12.4 Å². The molecular formula is C22H19BrN2O2. The third-order valence-electron chi connectivity index (χ3n) is 4.00. The van der Waals surface area contributed by atoms with E-state index in [9.17, 15) is 4.79 Å². The van der Waals surface area contributed by atoms with Crippen LogP contribution in [0.4, 0.5) is 0 Å². The van der Waals surface area contributed by atoms with Crippen molar-refractivity contribution in [3.63, 3.8) is 0 Å². The predicted octanol–water partition coefficient (Wildman–Crippen LogP) is 5.10. The number of nitrogens with one attached hydrogen (secondary N) is 1. The van der Waals surface area contributed by atoms with Gasteiger partial charge in [0.25, 0.3) is 5.91 Å².